The molecule has 27 heavy (non-hydrogen) atoms. The third kappa shape index (κ3) is 4.59. The second-order valence-corrected chi connectivity index (χ2v) is 6.56. The molecule has 3 rings (SSSR count). The lowest BCUT2D eigenvalue weighted by Gasteiger charge is -2.09. The zero-order valence-corrected chi connectivity index (χ0v) is 15.1. The van der Waals surface area contributed by atoms with Gasteiger partial charge in [-0.25, -0.2) is 9.97 Å². The van der Waals surface area contributed by atoms with Crippen molar-refractivity contribution < 1.29 is 9.72 Å². The van der Waals surface area contributed by atoms with Crippen molar-refractivity contribution in [2.24, 2.45) is 0 Å². The SMILES string of the molecule is Cc1ccc(Sc2ncnc(NNC(=O)c3ccccc3)c2[N+](=O)[O-])cc1. The van der Waals surface area contributed by atoms with E-state index in [1.807, 2.05) is 31.2 Å². The lowest BCUT2D eigenvalue weighted by Crippen LogP contribution is -2.30. The summed E-state index contributed by atoms with van der Waals surface area (Å²) < 4.78 is 0. The van der Waals surface area contributed by atoms with Crippen LogP contribution in [0.25, 0.3) is 0 Å². The first-order valence-corrected chi connectivity index (χ1v) is 8.71. The van der Waals surface area contributed by atoms with Crippen molar-refractivity contribution in [1.29, 1.82) is 0 Å². The van der Waals surface area contributed by atoms with Gasteiger partial charge in [-0.15, -0.1) is 0 Å². The Morgan fingerprint density at radius 1 is 1.07 bits per heavy atom. The van der Waals surface area contributed by atoms with Gasteiger partial charge in [0.15, 0.2) is 5.03 Å². The number of nitrogens with zero attached hydrogens (tertiary/aromatic N) is 3. The Balaban J connectivity index is 1.82. The molecule has 0 spiro atoms. The molecule has 0 fully saturated rings. The maximum atomic E-state index is 12.1. The van der Waals surface area contributed by atoms with Crippen molar-refractivity contribution in [2.75, 3.05) is 5.43 Å². The molecule has 8 nitrogen and oxygen atoms in total. The summed E-state index contributed by atoms with van der Waals surface area (Å²) in [7, 11) is 0. The second kappa shape index (κ2) is 8.28. The van der Waals surface area contributed by atoms with Gasteiger partial charge in [0.25, 0.3) is 5.91 Å². The lowest BCUT2D eigenvalue weighted by molar-refractivity contribution is -0.387. The molecule has 1 heterocycles. The summed E-state index contributed by atoms with van der Waals surface area (Å²) in [5, 5.41) is 11.7. The first-order chi connectivity index (χ1) is 13.0. The number of rotatable bonds is 6. The minimum atomic E-state index is -0.576. The maximum Gasteiger partial charge on any atom is 0.345 e. The van der Waals surface area contributed by atoms with E-state index in [2.05, 4.69) is 20.8 Å². The van der Waals surface area contributed by atoms with Crippen molar-refractivity contribution in [3.63, 3.8) is 0 Å². The molecule has 0 saturated heterocycles. The summed E-state index contributed by atoms with van der Waals surface area (Å²) in [6, 6.07) is 16.0. The summed E-state index contributed by atoms with van der Waals surface area (Å²) in [5.74, 6) is -0.523. The van der Waals surface area contributed by atoms with Crippen molar-refractivity contribution >= 4 is 29.2 Å². The topological polar surface area (TPSA) is 110 Å². The van der Waals surface area contributed by atoms with Crippen LogP contribution >= 0.6 is 11.8 Å². The van der Waals surface area contributed by atoms with Gasteiger partial charge >= 0.3 is 5.69 Å². The molecule has 2 N–H and O–H groups in total. The van der Waals surface area contributed by atoms with Crippen molar-refractivity contribution in [1.82, 2.24) is 15.4 Å². The van der Waals surface area contributed by atoms with E-state index in [-0.39, 0.29) is 16.5 Å². The Morgan fingerprint density at radius 3 is 2.44 bits per heavy atom. The van der Waals surface area contributed by atoms with E-state index in [0.717, 1.165) is 22.2 Å². The number of nitro groups is 1. The molecule has 0 aliphatic heterocycles. The zero-order chi connectivity index (χ0) is 19.2. The molecule has 0 atom stereocenters. The van der Waals surface area contributed by atoms with Crippen LogP contribution in [0.2, 0.25) is 0 Å². The minimum Gasteiger partial charge on any atom is -0.276 e. The number of hydrazine groups is 1. The van der Waals surface area contributed by atoms with Crippen LogP contribution in [0, 0.1) is 17.0 Å². The molecular formula is C18H15N5O3S. The van der Waals surface area contributed by atoms with E-state index in [1.54, 1.807) is 30.3 Å². The number of amides is 1. The number of benzene rings is 2. The molecule has 0 radical (unpaired) electrons. The Morgan fingerprint density at radius 2 is 1.78 bits per heavy atom. The quantitative estimate of drug-likeness (QED) is 0.381. The third-order valence-electron chi connectivity index (χ3n) is 3.54. The molecule has 1 amide bonds. The van der Waals surface area contributed by atoms with E-state index in [1.165, 1.54) is 6.33 Å². The standard InChI is InChI=1S/C18H15N5O3S/c1-12-7-9-14(10-8-12)27-18-15(23(25)26)16(19-11-20-18)21-22-17(24)13-5-3-2-4-6-13/h2-11H,1H3,(H,22,24)(H,19,20,21). The molecule has 136 valence electrons. The average Bonchev–Trinajstić information content (AvgIpc) is 2.68. The first kappa shape index (κ1) is 18.3. The summed E-state index contributed by atoms with van der Waals surface area (Å²) in [5.41, 5.74) is 6.13. The fourth-order valence-electron chi connectivity index (χ4n) is 2.19. The lowest BCUT2D eigenvalue weighted by atomic mass is 10.2. The number of carbonyl (C=O) groups excluding carboxylic acids is 1. The van der Waals surface area contributed by atoms with E-state index >= 15 is 0 Å². The number of hydrogen-bond donors (Lipinski definition) is 2. The van der Waals surface area contributed by atoms with Crippen LogP contribution in [-0.4, -0.2) is 20.8 Å². The smallest absolute Gasteiger partial charge is 0.276 e. The highest BCUT2D eigenvalue weighted by molar-refractivity contribution is 7.99. The van der Waals surface area contributed by atoms with Crippen LogP contribution in [-0.2, 0) is 0 Å². The van der Waals surface area contributed by atoms with Crippen LogP contribution in [0.4, 0.5) is 11.5 Å². The van der Waals surface area contributed by atoms with Crippen molar-refractivity contribution in [3.8, 4) is 0 Å². The van der Waals surface area contributed by atoms with E-state index in [0.29, 0.717) is 5.56 Å². The molecule has 0 bridgehead atoms. The van der Waals surface area contributed by atoms with Crippen LogP contribution in [0.5, 0.6) is 0 Å². The number of nitrogens with one attached hydrogen (secondary N) is 2. The van der Waals surface area contributed by atoms with Gasteiger partial charge in [0.05, 0.1) is 4.92 Å². The Kier molecular flexibility index (Phi) is 5.62. The highest BCUT2D eigenvalue weighted by Crippen LogP contribution is 2.36. The van der Waals surface area contributed by atoms with Gasteiger partial charge in [0.1, 0.15) is 6.33 Å². The maximum absolute atomic E-state index is 12.1. The largest absolute Gasteiger partial charge is 0.345 e. The van der Waals surface area contributed by atoms with E-state index in [9.17, 15) is 14.9 Å². The third-order valence-corrected chi connectivity index (χ3v) is 4.54. The van der Waals surface area contributed by atoms with E-state index in [4.69, 9.17) is 0 Å². The summed E-state index contributed by atoms with van der Waals surface area (Å²) in [4.78, 5) is 31.8. The summed E-state index contributed by atoms with van der Waals surface area (Å²) >= 11 is 1.15. The van der Waals surface area contributed by atoms with Crippen LogP contribution in [0.1, 0.15) is 15.9 Å². The number of aryl methyl sites for hydroxylation is 1. The molecule has 0 saturated carbocycles. The van der Waals surface area contributed by atoms with Crippen LogP contribution < -0.4 is 10.9 Å². The van der Waals surface area contributed by atoms with E-state index < -0.39 is 10.8 Å². The Bertz CT molecular complexity index is 964. The number of carbonyl (C=O) groups is 1. The Labute approximate surface area is 159 Å². The Hall–Kier alpha value is -3.46. The van der Waals surface area contributed by atoms with Gasteiger partial charge < -0.3 is 0 Å². The van der Waals surface area contributed by atoms with Crippen molar-refractivity contribution in [3.05, 3.63) is 82.2 Å². The highest BCUT2D eigenvalue weighted by Gasteiger charge is 2.24. The van der Waals surface area contributed by atoms with Crippen LogP contribution in [0.15, 0.2) is 70.8 Å². The van der Waals surface area contributed by atoms with Gasteiger partial charge in [0.2, 0.25) is 5.82 Å². The first-order valence-electron chi connectivity index (χ1n) is 7.90. The number of aromatic nitrogens is 2. The van der Waals surface area contributed by atoms with Crippen molar-refractivity contribution in [2.45, 2.75) is 16.8 Å². The summed E-state index contributed by atoms with van der Waals surface area (Å²) in [6.45, 7) is 1.96. The van der Waals surface area contributed by atoms with Gasteiger partial charge in [-0.3, -0.25) is 25.8 Å². The van der Waals surface area contributed by atoms with Crippen LogP contribution in [0.3, 0.4) is 0 Å². The molecule has 2 aromatic carbocycles. The molecule has 1 aromatic heterocycles. The zero-order valence-electron chi connectivity index (χ0n) is 14.2. The fourth-order valence-corrected chi connectivity index (χ4v) is 3.05. The molecule has 0 aliphatic carbocycles. The molecule has 0 aliphatic rings. The predicted octanol–water partition coefficient (Wildman–Crippen LogP) is 3.60. The average molecular weight is 381 g/mol. The monoisotopic (exact) mass is 381 g/mol. The van der Waals surface area contributed by atoms with Gasteiger partial charge in [-0.2, -0.15) is 0 Å². The predicted molar refractivity (Wildman–Crippen MR) is 102 cm³/mol. The normalized spacial score (nSPS) is 10.3. The molecule has 0 unspecified atom stereocenters. The minimum absolute atomic E-state index is 0.0890. The molecular weight excluding hydrogens is 366 g/mol. The van der Waals surface area contributed by atoms with Gasteiger partial charge in [-0.05, 0) is 31.2 Å². The second-order valence-electron chi connectivity index (χ2n) is 5.49. The number of anilines is 1. The molecule has 9 heteroatoms. The van der Waals surface area contributed by atoms with Gasteiger partial charge in [-0.1, -0.05) is 47.7 Å². The number of hydrogen-bond acceptors (Lipinski definition) is 7. The molecule has 3 aromatic rings. The highest BCUT2D eigenvalue weighted by atomic mass is 32.2. The fraction of sp³-hybridized carbons (Fsp3) is 0.0556. The van der Waals surface area contributed by atoms with Gasteiger partial charge in [0, 0.05) is 10.5 Å². The summed E-state index contributed by atoms with van der Waals surface area (Å²) in [6.07, 6.45) is 1.21.